The maximum Gasteiger partial charge on any atom is 0.263 e. The molecule has 0 spiro atoms. The van der Waals surface area contributed by atoms with Crippen molar-refractivity contribution in [2.45, 2.75) is 20.4 Å². The molecule has 0 fully saturated rings. The van der Waals surface area contributed by atoms with Crippen molar-refractivity contribution in [1.82, 2.24) is 10.3 Å². The number of anilines is 1. The maximum absolute atomic E-state index is 12.7. The van der Waals surface area contributed by atoms with Crippen LogP contribution in [-0.2, 0) is 11.3 Å². The Hall–Kier alpha value is -3.39. The quantitative estimate of drug-likeness (QED) is 0.597. The summed E-state index contributed by atoms with van der Waals surface area (Å²) in [6.45, 7) is 3.61. The third-order valence-corrected chi connectivity index (χ3v) is 5.54. The Labute approximate surface area is 179 Å². The third-order valence-electron chi connectivity index (χ3n) is 4.33. The van der Waals surface area contributed by atoms with Gasteiger partial charge in [-0.3, -0.25) is 9.59 Å². The average Bonchev–Trinajstić information content (AvgIpc) is 3.13. The molecule has 0 aliphatic rings. The van der Waals surface area contributed by atoms with Crippen molar-refractivity contribution in [1.29, 1.82) is 0 Å². The van der Waals surface area contributed by atoms with Gasteiger partial charge in [0.2, 0.25) is 5.91 Å². The molecular weight excluding hydrogens is 402 g/mol. The van der Waals surface area contributed by atoms with Crippen molar-refractivity contribution in [3.63, 3.8) is 0 Å². The number of aryl methyl sites for hydroxylation is 1. The first-order valence-corrected chi connectivity index (χ1v) is 10.1. The van der Waals surface area contributed by atoms with Crippen LogP contribution in [0.2, 0.25) is 0 Å². The molecule has 0 aliphatic heterocycles. The number of nitrogens with zero attached hydrogens (tertiary/aromatic N) is 1. The van der Waals surface area contributed by atoms with Crippen LogP contribution in [-0.4, -0.2) is 31.0 Å². The van der Waals surface area contributed by atoms with E-state index in [1.54, 1.807) is 20.3 Å². The minimum atomic E-state index is -0.193. The van der Waals surface area contributed by atoms with Crippen LogP contribution in [0.15, 0.2) is 42.5 Å². The fourth-order valence-electron chi connectivity index (χ4n) is 2.92. The third kappa shape index (κ3) is 4.96. The predicted molar refractivity (Wildman–Crippen MR) is 117 cm³/mol. The van der Waals surface area contributed by atoms with Crippen LogP contribution < -0.4 is 20.1 Å². The highest BCUT2D eigenvalue weighted by Gasteiger charge is 2.17. The van der Waals surface area contributed by atoms with E-state index < -0.39 is 0 Å². The van der Waals surface area contributed by atoms with Crippen molar-refractivity contribution < 1.29 is 19.1 Å². The molecule has 0 saturated carbocycles. The van der Waals surface area contributed by atoms with Gasteiger partial charge in [0.05, 0.1) is 19.9 Å². The molecule has 1 aromatic heterocycles. The molecule has 7 nitrogen and oxygen atoms in total. The largest absolute Gasteiger partial charge is 0.493 e. The topological polar surface area (TPSA) is 89.5 Å². The first-order valence-electron chi connectivity index (χ1n) is 9.25. The summed E-state index contributed by atoms with van der Waals surface area (Å²) in [6.07, 6.45) is 0. The van der Waals surface area contributed by atoms with Gasteiger partial charge in [-0.05, 0) is 42.8 Å². The van der Waals surface area contributed by atoms with E-state index in [0.717, 1.165) is 16.1 Å². The van der Waals surface area contributed by atoms with Crippen LogP contribution in [0.1, 0.15) is 27.9 Å². The molecule has 0 radical (unpaired) electrons. The lowest BCUT2D eigenvalue weighted by Gasteiger charge is -2.08. The van der Waals surface area contributed by atoms with Gasteiger partial charge < -0.3 is 20.1 Å². The van der Waals surface area contributed by atoms with E-state index >= 15 is 0 Å². The number of aromatic nitrogens is 1. The lowest BCUT2D eigenvalue weighted by Crippen LogP contribution is -2.22. The van der Waals surface area contributed by atoms with E-state index in [2.05, 4.69) is 15.6 Å². The molecule has 2 amide bonds. The first kappa shape index (κ1) is 21.3. The summed E-state index contributed by atoms with van der Waals surface area (Å²) in [4.78, 5) is 29.0. The van der Waals surface area contributed by atoms with Gasteiger partial charge in [0.1, 0.15) is 9.88 Å². The van der Waals surface area contributed by atoms with Crippen molar-refractivity contribution in [2.75, 3.05) is 19.5 Å². The zero-order valence-corrected chi connectivity index (χ0v) is 18.1. The first-order chi connectivity index (χ1) is 14.4. The van der Waals surface area contributed by atoms with Crippen LogP contribution in [0.4, 0.5) is 5.69 Å². The second-order valence-electron chi connectivity index (χ2n) is 6.57. The number of methoxy groups -OCH3 is 2. The number of nitrogens with one attached hydrogen (secondary N) is 2. The second kappa shape index (κ2) is 9.41. The standard InChI is InChI=1S/C22H23N3O4S/c1-13-20(21(27)23-12-15-6-5-7-17(10-15)25-14(2)26)30-22(24-13)16-8-9-18(28-3)19(11-16)29-4/h5-11H,12H2,1-4H3,(H,23,27)(H,25,26). The molecule has 1 heterocycles. The number of thiazole rings is 1. The summed E-state index contributed by atoms with van der Waals surface area (Å²) in [6, 6.07) is 12.9. The van der Waals surface area contributed by atoms with Gasteiger partial charge in [-0.1, -0.05) is 12.1 Å². The fourth-order valence-corrected chi connectivity index (χ4v) is 3.90. The molecule has 8 heteroatoms. The predicted octanol–water partition coefficient (Wildman–Crippen LogP) is 4.02. The van der Waals surface area contributed by atoms with Gasteiger partial charge >= 0.3 is 0 Å². The van der Waals surface area contributed by atoms with Crippen LogP contribution in [0.3, 0.4) is 0 Å². The van der Waals surface area contributed by atoms with Gasteiger partial charge in [0.25, 0.3) is 5.91 Å². The summed E-state index contributed by atoms with van der Waals surface area (Å²) in [5.41, 5.74) is 3.09. The average molecular weight is 426 g/mol. The molecule has 30 heavy (non-hydrogen) atoms. The van der Waals surface area contributed by atoms with E-state index in [-0.39, 0.29) is 11.8 Å². The molecule has 0 bridgehead atoms. The van der Waals surface area contributed by atoms with E-state index in [0.29, 0.717) is 34.3 Å². The Morgan fingerprint density at radius 3 is 2.53 bits per heavy atom. The summed E-state index contributed by atoms with van der Waals surface area (Å²) in [5.74, 6) is 0.905. The molecule has 0 saturated heterocycles. The van der Waals surface area contributed by atoms with Crippen LogP contribution in [0, 0.1) is 6.92 Å². The van der Waals surface area contributed by atoms with E-state index in [4.69, 9.17) is 9.47 Å². The number of hydrogen-bond acceptors (Lipinski definition) is 6. The summed E-state index contributed by atoms with van der Waals surface area (Å²) in [7, 11) is 3.16. The Morgan fingerprint density at radius 2 is 1.83 bits per heavy atom. The second-order valence-corrected chi connectivity index (χ2v) is 7.57. The number of amides is 2. The number of carbonyl (C=O) groups is 2. The Morgan fingerprint density at radius 1 is 1.07 bits per heavy atom. The molecule has 0 unspecified atom stereocenters. The SMILES string of the molecule is COc1ccc(-c2nc(C)c(C(=O)NCc3cccc(NC(C)=O)c3)s2)cc1OC. The highest BCUT2D eigenvalue weighted by Crippen LogP contribution is 2.35. The number of benzene rings is 2. The molecule has 0 atom stereocenters. The zero-order chi connectivity index (χ0) is 21.7. The number of rotatable bonds is 7. The van der Waals surface area contributed by atoms with Gasteiger partial charge in [-0.15, -0.1) is 11.3 Å². The van der Waals surface area contributed by atoms with Gasteiger partial charge in [0, 0.05) is 24.7 Å². The minimum absolute atomic E-state index is 0.140. The normalized spacial score (nSPS) is 10.4. The lowest BCUT2D eigenvalue weighted by molar-refractivity contribution is -0.114. The molecule has 3 aromatic rings. The van der Waals surface area contributed by atoms with Gasteiger partial charge in [0.15, 0.2) is 11.5 Å². The zero-order valence-electron chi connectivity index (χ0n) is 17.2. The van der Waals surface area contributed by atoms with E-state index in [9.17, 15) is 9.59 Å². The summed E-state index contributed by atoms with van der Waals surface area (Å²) >= 11 is 1.32. The smallest absolute Gasteiger partial charge is 0.263 e. The molecule has 156 valence electrons. The lowest BCUT2D eigenvalue weighted by atomic mass is 10.2. The number of hydrogen-bond donors (Lipinski definition) is 2. The molecular formula is C22H23N3O4S. The van der Waals surface area contributed by atoms with Gasteiger partial charge in [-0.2, -0.15) is 0 Å². The summed E-state index contributed by atoms with van der Waals surface area (Å²) in [5, 5.41) is 6.38. The highest BCUT2D eigenvalue weighted by molar-refractivity contribution is 7.17. The molecule has 2 N–H and O–H groups in total. The van der Waals surface area contributed by atoms with Crippen molar-refractivity contribution >= 4 is 28.8 Å². The number of carbonyl (C=O) groups excluding carboxylic acids is 2. The van der Waals surface area contributed by atoms with E-state index in [1.165, 1.54) is 18.3 Å². The fraction of sp³-hybridized carbons (Fsp3) is 0.227. The Balaban J connectivity index is 1.74. The van der Waals surface area contributed by atoms with Crippen LogP contribution >= 0.6 is 11.3 Å². The molecule has 3 rings (SSSR count). The maximum atomic E-state index is 12.7. The van der Waals surface area contributed by atoms with Crippen LogP contribution in [0.25, 0.3) is 10.6 Å². The highest BCUT2D eigenvalue weighted by atomic mass is 32.1. The van der Waals surface area contributed by atoms with Crippen molar-refractivity contribution in [2.24, 2.45) is 0 Å². The van der Waals surface area contributed by atoms with Crippen LogP contribution in [0.5, 0.6) is 11.5 Å². The number of ether oxygens (including phenoxy) is 2. The monoisotopic (exact) mass is 425 g/mol. The Bertz CT molecular complexity index is 1080. The van der Waals surface area contributed by atoms with Gasteiger partial charge in [-0.25, -0.2) is 4.98 Å². The minimum Gasteiger partial charge on any atom is -0.493 e. The van der Waals surface area contributed by atoms with Crippen molar-refractivity contribution in [3.05, 3.63) is 58.6 Å². The molecule has 2 aromatic carbocycles. The van der Waals surface area contributed by atoms with E-state index in [1.807, 2.05) is 43.3 Å². The Kier molecular flexibility index (Phi) is 6.68. The summed E-state index contributed by atoms with van der Waals surface area (Å²) < 4.78 is 10.6. The molecule has 0 aliphatic carbocycles. The van der Waals surface area contributed by atoms with Crippen molar-refractivity contribution in [3.8, 4) is 22.1 Å².